The molecule has 0 aliphatic carbocycles. The van der Waals surface area contributed by atoms with Crippen molar-refractivity contribution in [3.05, 3.63) is 29.3 Å². The highest BCUT2D eigenvalue weighted by atomic mass is 16.7. The van der Waals surface area contributed by atoms with Gasteiger partial charge in [0.25, 0.3) is 0 Å². The van der Waals surface area contributed by atoms with Gasteiger partial charge in [0.1, 0.15) is 24.1 Å². The lowest BCUT2D eigenvalue weighted by Gasteiger charge is -2.38. The minimum absolute atomic E-state index is 0.136. The number of carboxylic acids is 1. The molecule has 0 amide bonds. The van der Waals surface area contributed by atoms with Crippen LogP contribution < -0.4 is 4.74 Å². The van der Waals surface area contributed by atoms with Gasteiger partial charge in [-0.2, -0.15) is 0 Å². The molecule has 5 atom stereocenters. The molecule has 0 bridgehead atoms. The van der Waals surface area contributed by atoms with Crippen LogP contribution in [-0.2, 0) is 9.53 Å². The van der Waals surface area contributed by atoms with Gasteiger partial charge in [-0.1, -0.05) is 26.0 Å². The van der Waals surface area contributed by atoms with Crippen LogP contribution in [0.25, 0.3) is 0 Å². The summed E-state index contributed by atoms with van der Waals surface area (Å²) in [6.45, 7) is 5.80. The maximum atomic E-state index is 11.1. The van der Waals surface area contributed by atoms with E-state index in [1.165, 1.54) is 0 Å². The van der Waals surface area contributed by atoms with Crippen LogP contribution in [0.2, 0.25) is 0 Å². The topological polar surface area (TPSA) is 116 Å². The van der Waals surface area contributed by atoms with Gasteiger partial charge >= 0.3 is 5.97 Å². The fraction of sp³-hybridized carbons (Fsp3) is 0.562. The number of aliphatic hydroxyl groups is 3. The molecule has 1 aromatic carbocycles. The lowest BCUT2D eigenvalue weighted by molar-refractivity contribution is -0.271. The Hall–Kier alpha value is -1.67. The summed E-state index contributed by atoms with van der Waals surface area (Å²) in [6.07, 6.45) is -8.05. The molecular formula is C16H22O7. The molecular weight excluding hydrogens is 304 g/mol. The molecule has 1 aliphatic heterocycles. The average Bonchev–Trinajstić information content (AvgIpc) is 2.47. The smallest absolute Gasteiger partial charge is 0.335 e. The Kier molecular flexibility index (Phi) is 5.26. The third-order valence-corrected chi connectivity index (χ3v) is 3.85. The highest BCUT2D eigenvalue weighted by molar-refractivity contribution is 5.73. The number of hydrogen-bond acceptors (Lipinski definition) is 6. The first-order valence-electron chi connectivity index (χ1n) is 7.42. The van der Waals surface area contributed by atoms with E-state index in [-0.39, 0.29) is 5.92 Å². The Balaban J connectivity index is 2.28. The third kappa shape index (κ3) is 3.64. The molecule has 4 N–H and O–H groups in total. The molecule has 0 aromatic heterocycles. The van der Waals surface area contributed by atoms with E-state index >= 15 is 0 Å². The fourth-order valence-electron chi connectivity index (χ4n) is 2.50. The molecule has 2 rings (SSSR count). The van der Waals surface area contributed by atoms with Crippen molar-refractivity contribution in [2.24, 2.45) is 0 Å². The second-order valence-electron chi connectivity index (χ2n) is 6.05. The second-order valence-corrected chi connectivity index (χ2v) is 6.05. The van der Waals surface area contributed by atoms with Crippen LogP contribution in [0.5, 0.6) is 5.75 Å². The maximum absolute atomic E-state index is 11.1. The molecule has 7 nitrogen and oxygen atoms in total. The number of carbonyl (C=O) groups is 1. The highest BCUT2D eigenvalue weighted by Gasteiger charge is 2.48. The number of aliphatic carboxylic acids is 1. The Morgan fingerprint density at radius 3 is 2.39 bits per heavy atom. The summed E-state index contributed by atoms with van der Waals surface area (Å²) in [5.41, 5.74) is 1.78. The molecule has 0 radical (unpaired) electrons. The van der Waals surface area contributed by atoms with Crippen molar-refractivity contribution in [2.75, 3.05) is 0 Å². The summed E-state index contributed by atoms with van der Waals surface area (Å²) in [7, 11) is 0. The van der Waals surface area contributed by atoms with Crippen molar-refractivity contribution in [2.45, 2.75) is 57.4 Å². The Bertz CT molecular complexity index is 572. The van der Waals surface area contributed by atoms with Crippen molar-refractivity contribution in [3.8, 4) is 5.75 Å². The maximum Gasteiger partial charge on any atom is 0.335 e. The number of ether oxygens (including phenoxy) is 2. The molecule has 0 unspecified atom stereocenters. The Morgan fingerprint density at radius 2 is 1.83 bits per heavy atom. The quantitative estimate of drug-likeness (QED) is 0.632. The van der Waals surface area contributed by atoms with Crippen LogP contribution >= 0.6 is 0 Å². The zero-order valence-corrected chi connectivity index (χ0v) is 13.2. The summed E-state index contributed by atoms with van der Waals surface area (Å²) in [4.78, 5) is 11.1. The first kappa shape index (κ1) is 17.7. The van der Waals surface area contributed by atoms with Gasteiger partial charge in [-0.05, 0) is 30.0 Å². The van der Waals surface area contributed by atoms with Gasteiger partial charge in [0.15, 0.2) is 6.10 Å². The van der Waals surface area contributed by atoms with Crippen molar-refractivity contribution >= 4 is 5.97 Å². The molecule has 1 saturated heterocycles. The number of aryl methyl sites for hydroxylation is 1. The van der Waals surface area contributed by atoms with E-state index in [1.54, 1.807) is 6.07 Å². The number of benzene rings is 1. The van der Waals surface area contributed by atoms with Gasteiger partial charge in [-0.15, -0.1) is 0 Å². The minimum atomic E-state index is -1.73. The second kappa shape index (κ2) is 6.84. The van der Waals surface area contributed by atoms with Crippen LogP contribution in [0, 0.1) is 6.92 Å². The zero-order valence-electron chi connectivity index (χ0n) is 13.2. The van der Waals surface area contributed by atoms with E-state index in [9.17, 15) is 20.1 Å². The largest absolute Gasteiger partial charge is 0.479 e. The van der Waals surface area contributed by atoms with Crippen LogP contribution in [0.1, 0.15) is 30.9 Å². The molecule has 1 aromatic rings. The van der Waals surface area contributed by atoms with E-state index in [1.807, 2.05) is 32.9 Å². The molecule has 1 aliphatic rings. The number of aliphatic hydroxyl groups excluding tert-OH is 3. The number of hydrogen-bond donors (Lipinski definition) is 4. The van der Waals surface area contributed by atoms with Crippen molar-refractivity contribution in [3.63, 3.8) is 0 Å². The van der Waals surface area contributed by atoms with Gasteiger partial charge in [0.2, 0.25) is 6.29 Å². The third-order valence-electron chi connectivity index (χ3n) is 3.85. The summed E-state index contributed by atoms with van der Waals surface area (Å²) in [5.74, 6) is -0.862. The highest BCUT2D eigenvalue weighted by Crippen LogP contribution is 2.31. The summed E-state index contributed by atoms with van der Waals surface area (Å²) >= 11 is 0. The average molecular weight is 326 g/mol. The van der Waals surface area contributed by atoms with Crippen molar-refractivity contribution in [1.29, 1.82) is 0 Å². The monoisotopic (exact) mass is 326 g/mol. The van der Waals surface area contributed by atoms with Crippen LogP contribution in [0.4, 0.5) is 0 Å². The van der Waals surface area contributed by atoms with E-state index in [0.717, 1.165) is 11.1 Å². The van der Waals surface area contributed by atoms with E-state index in [4.69, 9.17) is 14.6 Å². The zero-order chi connectivity index (χ0) is 17.3. The summed E-state index contributed by atoms with van der Waals surface area (Å²) in [6, 6.07) is 5.54. The fourth-order valence-corrected chi connectivity index (χ4v) is 2.50. The molecule has 23 heavy (non-hydrogen) atoms. The first-order valence-corrected chi connectivity index (χ1v) is 7.42. The molecule has 1 heterocycles. The van der Waals surface area contributed by atoms with E-state index in [0.29, 0.717) is 5.75 Å². The van der Waals surface area contributed by atoms with Gasteiger partial charge in [0.05, 0.1) is 0 Å². The SMILES string of the molecule is Cc1ccc(C(C)C)c(O[C@@H]2O[C@@H](C(=O)O)[C@@H](O)[C@@H](O)[C@@H]2O)c1. The molecule has 1 fully saturated rings. The van der Waals surface area contributed by atoms with Gasteiger partial charge in [-0.3, -0.25) is 0 Å². The molecule has 0 spiro atoms. The van der Waals surface area contributed by atoms with Gasteiger partial charge < -0.3 is 29.9 Å². The lowest BCUT2D eigenvalue weighted by atomic mass is 9.98. The first-order chi connectivity index (χ1) is 10.7. The number of rotatable bonds is 4. The van der Waals surface area contributed by atoms with E-state index in [2.05, 4.69) is 0 Å². The van der Waals surface area contributed by atoms with Crippen LogP contribution in [0.3, 0.4) is 0 Å². The van der Waals surface area contributed by atoms with Gasteiger partial charge in [-0.25, -0.2) is 4.79 Å². The molecule has 7 heteroatoms. The molecule has 128 valence electrons. The van der Waals surface area contributed by atoms with Gasteiger partial charge in [0, 0.05) is 0 Å². The number of carboxylic acid groups (broad SMARTS) is 1. The van der Waals surface area contributed by atoms with Crippen molar-refractivity contribution in [1.82, 2.24) is 0 Å². The Morgan fingerprint density at radius 1 is 1.17 bits per heavy atom. The predicted molar refractivity (Wildman–Crippen MR) is 80.2 cm³/mol. The standard InChI is InChI=1S/C16H22O7/c1-7(2)9-5-4-8(3)6-10(9)22-16-13(19)11(17)12(18)14(23-16)15(20)21/h4-7,11-14,16-19H,1-3H3,(H,20,21)/t11-,12+,13+,14-,16-/m1/s1. The minimum Gasteiger partial charge on any atom is -0.479 e. The van der Waals surface area contributed by atoms with Crippen LogP contribution in [0.15, 0.2) is 18.2 Å². The van der Waals surface area contributed by atoms with Crippen LogP contribution in [-0.4, -0.2) is 57.1 Å². The molecule has 0 saturated carbocycles. The predicted octanol–water partition coefficient (Wildman–Crippen LogP) is 0.389. The Labute approximate surface area is 134 Å². The van der Waals surface area contributed by atoms with E-state index < -0.39 is 36.7 Å². The summed E-state index contributed by atoms with van der Waals surface area (Å²) in [5, 5.41) is 38.6. The van der Waals surface area contributed by atoms with Crippen molar-refractivity contribution < 1.29 is 34.7 Å². The lowest BCUT2D eigenvalue weighted by Crippen LogP contribution is -2.61. The summed E-state index contributed by atoms with van der Waals surface area (Å²) < 4.78 is 10.8. The normalized spacial score (nSPS) is 31.2.